The molecule has 1 unspecified atom stereocenters. The van der Waals surface area contributed by atoms with Crippen LogP contribution in [-0.2, 0) is 0 Å². The summed E-state index contributed by atoms with van der Waals surface area (Å²) in [6, 6.07) is 2.11. The lowest BCUT2D eigenvalue weighted by Crippen LogP contribution is -1.91. The monoisotopic (exact) mass is 190 g/mol. The molecule has 3 heteroatoms. The van der Waals surface area contributed by atoms with Crippen molar-refractivity contribution in [1.29, 1.82) is 5.26 Å². The van der Waals surface area contributed by atoms with Crippen LogP contribution in [0.15, 0.2) is 4.42 Å². The molecule has 1 aliphatic rings. The molecule has 0 spiro atoms. The molecule has 1 aliphatic carbocycles. The number of oxazole rings is 1. The Morgan fingerprint density at radius 2 is 2.36 bits per heavy atom. The van der Waals surface area contributed by atoms with Crippen molar-refractivity contribution in [3.8, 4) is 6.07 Å². The summed E-state index contributed by atoms with van der Waals surface area (Å²) in [4.78, 5) is 4.23. The zero-order valence-electron chi connectivity index (χ0n) is 8.58. The lowest BCUT2D eigenvalue weighted by molar-refractivity contribution is 0.428. The van der Waals surface area contributed by atoms with Crippen molar-refractivity contribution in [3.05, 3.63) is 17.3 Å². The molecule has 2 rings (SSSR count). The maximum absolute atomic E-state index is 8.91. The molecule has 1 fully saturated rings. The minimum Gasteiger partial charge on any atom is -0.444 e. The van der Waals surface area contributed by atoms with Gasteiger partial charge in [0.25, 0.3) is 0 Å². The van der Waals surface area contributed by atoms with E-state index in [4.69, 9.17) is 9.68 Å². The van der Waals surface area contributed by atoms with Crippen LogP contribution in [0.3, 0.4) is 0 Å². The van der Waals surface area contributed by atoms with Crippen molar-refractivity contribution in [2.24, 2.45) is 0 Å². The number of hydrogen-bond acceptors (Lipinski definition) is 3. The van der Waals surface area contributed by atoms with Gasteiger partial charge in [0.05, 0.1) is 0 Å². The number of aromatic nitrogens is 1. The van der Waals surface area contributed by atoms with Gasteiger partial charge in [-0.1, -0.05) is 13.8 Å². The Labute approximate surface area is 83.8 Å². The van der Waals surface area contributed by atoms with Crippen LogP contribution >= 0.6 is 0 Å². The number of hydrogen-bond donors (Lipinski definition) is 0. The Kier molecular flexibility index (Phi) is 2.28. The second-order valence-corrected chi connectivity index (χ2v) is 3.96. The third-order valence-electron chi connectivity index (χ3n) is 2.76. The molecule has 0 amide bonds. The van der Waals surface area contributed by atoms with Crippen LogP contribution in [0.25, 0.3) is 0 Å². The Morgan fingerprint density at radius 3 is 2.86 bits per heavy atom. The van der Waals surface area contributed by atoms with Gasteiger partial charge >= 0.3 is 0 Å². The lowest BCUT2D eigenvalue weighted by atomic mass is 10.1. The fourth-order valence-corrected chi connectivity index (χ4v) is 1.45. The Bertz CT molecular complexity index is 371. The Morgan fingerprint density at radius 1 is 1.64 bits per heavy atom. The maximum atomic E-state index is 8.91. The summed E-state index contributed by atoms with van der Waals surface area (Å²) in [6.45, 7) is 4.16. The Balaban J connectivity index is 2.32. The number of nitrogens with zero attached hydrogens (tertiary/aromatic N) is 2. The van der Waals surface area contributed by atoms with Crippen molar-refractivity contribution < 1.29 is 4.42 Å². The molecular formula is C11H14N2O. The molecule has 1 aromatic heterocycles. The SMILES string of the molecule is CCC(C)c1oc(C2CC2)nc1C#N. The largest absolute Gasteiger partial charge is 0.444 e. The molecule has 0 radical (unpaired) electrons. The summed E-state index contributed by atoms with van der Waals surface area (Å²) in [5, 5.41) is 8.91. The average molecular weight is 190 g/mol. The van der Waals surface area contributed by atoms with E-state index in [-0.39, 0.29) is 0 Å². The summed E-state index contributed by atoms with van der Waals surface area (Å²) in [5.74, 6) is 2.33. The molecule has 74 valence electrons. The number of rotatable bonds is 3. The van der Waals surface area contributed by atoms with Crippen LogP contribution in [0.1, 0.15) is 62.3 Å². The third-order valence-corrected chi connectivity index (χ3v) is 2.76. The first-order valence-electron chi connectivity index (χ1n) is 5.17. The van der Waals surface area contributed by atoms with E-state index >= 15 is 0 Å². The van der Waals surface area contributed by atoms with E-state index in [2.05, 4.69) is 24.9 Å². The van der Waals surface area contributed by atoms with Crippen LogP contribution < -0.4 is 0 Å². The van der Waals surface area contributed by atoms with Crippen LogP contribution in [0, 0.1) is 11.3 Å². The molecule has 1 saturated carbocycles. The van der Waals surface area contributed by atoms with Gasteiger partial charge in [-0.3, -0.25) is 0 Å². The molecule has 1 heterocycles. The summed E-state index contributed by atoms with van der Waals surface area (Å²) in [5.41, 5.74) is 0.487. The minimum absolute atomic E-state index is 0.296. The summed E-state index contributed by atoms with van der Waals surface area (Å²) in [7, 11) is 0. The van der Waals surface area contributed by atoms with Crippen LogP contribution in [-0.4, -0.2) is 4.98 Å². The van der Waals surface area contributed by atoms with Gasteiger partial charge in [0.15, 0.2) is 11.6 Å². The normalized spacial score (nSPS) is 17.8. The van der Waals surface area contributed by atoms with E-state index in [9.17, 15) is 0 Å². The first-order valence-corrected chi connectivity index (χ1v) is 5.17. The van der Waals surface area contributed by atoms with Crippen LogP contribution in [0.2, 0.25) is 0 Å². The van der Waals surface area contributed by atoms with Crippen molar-refractivity contribution in [3.63, 3.8) is 0 Å². The van der Waals surface area contributed by atoms with Crippen LogP contribution in [0.5, 0.6) is 0 Å². The van der Waals surface area contributed by atoms with Gasteiger partial charge in [-0.05, 0) is 19.3 Å². The molecule has 0 N–H and O–H groups in total. The van der Waals surface area contributed by atoms with E-state index in [0.717, 1.165) is 30.9 Å². The van der Waals surface area contributed by atoms with Crippen molar-refractivity contribution in [2.75, 3.05) is 0 Å². The van der Waals surface area contributed by atoms with Crippen molar-refractivity contribution in [2.45, 2.75) is 44.9 Å². The van der Waals surface area contributed by atoms with Gasteiger partial charge in [0.2, 0.25) is 0 Å². The van der Waals surface area contributed by atoms with Gasteiger partial charge in [-0.25, -0.2) is 4.98 Å². The highest BCUT2D eigenvalue weighted by Crippen LogP contribution is 2.41. The second-order valence-electron chi connectivity index (χ2n) is 3.96. The predicted octanol–water partition coefficient (Wildman–Crippen LogP) is 2.94. The fourth-order valence-electron chi connectivity index (χ4n) is 1.45. The molecule has 1 atom stereocenters. The highest BCUT2D eigenvalue weighted by molar-refractivity contribution is 5.28. The number of nitriles is 1. The van der Waals surface area contributed by atoms with Crippen molar-refractivity contribution in [1.82, 2.24) is 4.98 Å². The zero-order valence-corrected chi connectivity index (χ0v) is 8.58. The van der Waals surface area contributed by atoms with Gasteiger partial charge in [-0.2, -0.15) is 5.26 Å². The van der Waals surface area contributed by atoms with E-state index in [1.54, 1.807) is 0 Å². The zero-order chi connectivity index (χ0) is 10.1. The second kappa shape index (κ2) is 3.45. The molecule has 0 saturated heterocycles. The van der Waals surface area contributed by atoms with E-state index in [1.807, 2.05) is 0 Å². The minimum atomic E-state index is 0.296. The topological polar surface area (TPSA) is 49.8 Å². The molecule has 0 aromatic carbocycles. The fraction of sp³-hybridized carbons (Fsp3) is 0.636. The Hall–Kier alpha value is -1.30. The first-order chi connectivity index (χ1) is 6.76. The van der Waals surface area contributed by atoms with Gasteiger partial charge in [0, 0.05) is 11.8 Å². The third kappa shape index (κ3) is 1.52. The summed E-state index contributed by atoms with van der Waals surface area (Å²) in [6.07, 6.45) is 3.30. The standard InChI is InChI=1S/C11H14N2O/c1-3-7(2)10-9(6-12)13-11(14-10)8-4-5-8/h7-8H,3-5H2,1-2H3. The average Bonchev–Trinajstić information content (AvgIpc) is 2.97. The molecule has 0 bridgehead atoms. The van der Waals surface area contributed by atoms with Crippen LogP contribution in [0.4, 0.5) is 0 Å². The van der Waals surface area contributed by atoms with Gasteiger partial charge in [0.1, 0.15) is 11.8 Å². The van der Waals surface area contributed by atoms with Crippen molar-refractivity contribution >= 4 is 0 Å². The molecule has 1 aromatic rings. The molecule has 14 heavy (non-hydrogen) atoms. The molecule has 0 aliphatic heterocycles. The van der Waals surface area contributed by atoms with Gasteiger partial charge in [-0.15, -0.1) is 0 Å². The summed E-state index contributed by atoms with van der Waals surface area (Å²) < 4.78 is 5.65. The van der Waals surface area contributed by atoms with E-state index in [0.29, 0.717) is 17.5 Å². The quantitative estimate of drug-likeness (QED) is 0.736. The maximum Gasteiger partial charge on any atom is 0.198 e. The molecule has 3 nitrogen and oxygen atoms in total. The smallest absolute Gasteiger partial charge is 0.198 e. The summed E-state index contributed by atoms with van der Waals surface area (Å²) >= 11 is 0. The highest BCUT2D eigenvalue weighted by atomic mass is 16.4. The van der Waals surface area contributed by atoms with E-state index < -0.39 is 0 Å². The predicted molar refractivity (Wildman–Crippen MR) is 51.9 cm³/mol. The van der Waals surface area contributed by atoms with Gasteiger partial charge < -0.3 is 4.42 Å². The lowest BCUT2D eigenvalue weighted by Gasteiger charge is -2.02. The highest BCUT2D eigenvalue weighted by Gasteiger charge is 2.31. The first kappa shape index (κ1) is 9.26. The molecular weight excluding hydrogens is 176 g/mol. The van der Waals surface area contributed by atoms with E-state index in [1.165, 1.54) is 0 Å².